The van der Waals surface area contributed by atoms with Crippen LogP contribution in [0.15, 0.2) is 34.6 Å². The van der Waals surface area contributed by atoms with E-state index in [0.717, 1.165) is 68.8 Å². The number of hydrogen-bond acceptors (Lipinski definition) is 6. The Bertz CT molecular complexity index is 878. The van der Waals surface area contributed by atoms with Gasteiger partial charge in [-0.05, 0) is 29.9 Å². The lowest BCUT2D eigenvalue weighted by atomic mass is 10.1. The maximum Gasteiger partial charge on any atom is 0.191 e. The molecule has 7 nitrogen and oxygen atoms in total. The third-order valence-corrected chi connectivity index (χ3v) is 7.08. The molecule has 0 bridgehead atoms. The van der Waals surface area contributed by atoms with Crippen molar-refractivity contribution in [1.82, 2.24) is 15.5 Å². The third-order valence-electron chi connectivity index (χ3n) is 6.06. The highest BCUT2D eigenvalue weighted by atomic mass is 32.1. The van der Waals surface area contributed by atoms with Gasteiger partial charge >= 0.3 is 0 Å². The highest BCUT2D eigenvalue weighted by molar-refractivity contribution is 7.10. The number of guanidine groups is 1. The van der Waals surface area contributed by atoms with E-state index >= 15 is 0 Å². The predicted octanol–water partition coefficient (Wildman–Crippen LogP) is 2.57. The SMILES string of the molecule is CN=C(NCCN1CCc2sccc2C1)NC1CCN(c2cc(OC)cc(OC)c2)C1. The second-order valence-electron chi connectivity index (χ2n) is 8.04. The quantitative estimate of drug-likeness (QED) is 0.507. The summed E-state index contributed by atoms with van der Waals surface area (Å²) in [6, 6.07) is 8.66. The molecule has 0 radical (unpaired) electrons. The van der Waals surface area contributed by atoms with Gasteiger partial charge in [0.2, 0.25) is 0 Å². The fraction of sp³-hybridized carbons (Fsp3) is 0.522. The van der Waals surface area contributed by atoms with E-state index in [2.05, 4.69) is 49.0 Å². The van der Waals surface area contributed by atoms with Crippen LogP contribution in [0.5, 0.6) is 11.5 Å². The minimum atomic E-state index is 0.353. The average molecular weight is 444 g/mol. The summed E-state index contributed by atoms with van der Waals surface area (Å²) in [4.78, 5) is 10.9. The predicted molar refractivity (Wildman–Crippen MR) is 128 cm³/mol. The topological polar surface area (TPSA) is 61.4 Å². The van der Waals surface area contributed by atoms with Crippen molar-refractivity contribution in [1.29, 1.82) is 0 Å². The van der Waals surface area contributed by atoms with Crippen molar-refractivity contribution in [3.8, 4) is 11.5 Å². The summed E-state index contributed by atoms with van der Waals surface area (Å²) in [7, 11) is 5.21. The Kier molecular flexibility index (Phi) is 7.19. The normalized spacial score (nSPS) is 19.3. The van der Waals surface area contributed by atoms with Crippen molar-refractivity contribution < 1.29 is 9.47 Å². The van der Waals surface area contributed by atoms with Crippen LogP contribution in [0.3, 0.4) is 0 Å². The van der Waals surface area contributed by atoms with Gasteiger partial charge < -0.3 is 25.0 Å². The van der Waals surface area contributed by atoms with E-state index < -0.39 is 0 Å². The summed E-state index contributed by atoms with van der Waals surface area (Å²) in [6.45, 7) is 6.03. The number of nitrogens with one attached hydrogen (secondary N) is 2. The van der Waals surface area contributed by atoms with Crippen LogP contribution in [-0.2, 0) is 13.0 Å². The molecule has 8 heteroatoms. The Hall–Kier alpha value is -2.45. The number of ether oxygens (including phenoxy) is 2. The van der Waals surface area contributed by atoms with Crippen molar-refractivity contribution in [2.24, 2.45) is 4.99 Å². The zero-order chi connectivity index (χ0) is 21.6. The Morgan fingerprint density at radius 2 is 2.00 bits per heavy atom. The second kappa shape index (κ2) is 10.2. The zero-order valence-corrected chi connectivity index (χ0v) is 19.5. The first-order valence-electron chi connectivity index (χ1n) is 10.9. The molecule has 2 N–H and O–H groups in total. The van der Waals surface area contributed by atoms with E-state index in [9.17, 15) is 0 Å². The van der Waals surface area contributed by atoms with Gasteiger partial charge in [0, 0.05) is 81.1 Å². The minimum absolute atomic E-state index is 0.353. The lowest BCUT2D eigenvalue weighted by Gasteiger charge is -2.27. The van der Waals surface area contributed by atoms with E-state index in [1.54, 1.807) is 19.1 Å². The first-order chi connectivity index (χ1) is 15.2. The number of hydrogen-bond donors (Lipinski definition) is 2. The number of aliphatic imine (C=N–C) groups is 1. The molecule has 1 saturated heterocycles. The van der Waals surface area contributed by atoms with E-state index in [-0.39, 0.29) is 0 Å². The van der Waals surface area contributed by atoms with E-state index in [1.807, 2.05) is 24.5 Å². The van der Waals surface area contributed by atoms with Gasteiger partial charge in [-0.25, -0.2) is 0 Å². The van der Waals surface area contributed by atoms with Gasteiger partial charge in [-0.1, -0.05) is 0 Å². The van der Waals surface area contributed by atoms with Gasteiger partial charge in [-0.3, -0.25) is 9.89 Å². The summed E-state index contributed by atoms with van der Waals surface area (Å²) in [6.07, 6.45) is 2.24. The molecule has 2 aliphatic rings. The zero-order valence-electron chi connectivity index (χ0n) is 18.7. The fourth-order valence-corrected chi connectivity index (χ4v) is 5.20. The summed E-state index contributed by atoms with van der Waals surface area (Å²) < 4.78 is 10.8. The number of thiophene rings is 1. The maximum absolute atomic E-state index is 5.42. The van der Waals surface area contributed by atoms with Crippen LogP contribution < -0.4 is 25.0 Å². The molecular weight excluding hydrogens is 410 g/mol. The van der Waals surface area contributed by atoms with E-state index in [1.165, 1.54) is 12.0 Å². The first kappa shape index (κ1) is 21.8. The van der Waals surface area contributed by atoms with Crippen LogP contribution in [-0.4, -0.2) is 70.9 Å². The minimum Gasteiger partial charge on any atom is -0.497 e. The Morgan fingerprint density at radius 1 is 1.19 bits per heavy atom. The molecule has 1 fully saturated rings. The van der Waals surface area contributed by atoms with Crippen molar-refractivity contribution in [3.05, 3.63) is 40.1 Å². The maximum atomic E-state index is 5.42. The van der Waals surface area contributed by atoms with Crippen LogP contribution >= 0.6 is 11.3 Å². The number of rotatable bonds is 7. The molecule has 0 aliphatic carbocycles. The van der Waals surface area contributed by atoms with Crippen LogP contribution in [0.4, 0.5) is 5.69 Å². The molecule has 1 unspecified atom stereocenters. The molecule has 4 rings (SSSR count). The number of methoxy groups -OCH3 is 2. The van der Waals surface area contributed by atoms with Gasteiger partial charge in [0.05, 0.1) is 14.2 Å². The lowest BCUT2D eigenvalue weighted by molar-refractivity contribution is 0.260. The second-order valence-corrected chi connectivity index (χ2v) is 9.04. The van der Waals surface area contributed by atoms with Crippen LogP contribution in [0, 0.1) is 0 Å². The molecule has 1 aromatic heterocycles. The molecule has 2 aliphatic heterocycles. The average Bonchev–Trinajstić information content (AvgIpc) is 3.47. The van der Waals surface area contributed by atoms with Crippen molar-refractivity contribution in [2.75, 3.05) is 58.9 Å². The van der Waals surface area contributed by atoms with Gasteiger partial charge in [-0.15, -0.1) is 11.3 Å². The molecule has 0 spiro atoms. The molecule has 3 heterocycles. The highest BCUT2D eigenvalue weighted by Gasteiger charge is 2.24. The molecule has 168 valence electrons. The summed E-state index contributed by atoms with van der Waals surface area (Å²) in [5.41, 5.74) is 2.63. The van der Waals surface area contributed by atoms with Crippen molar-refractivity contribution >= 4 is 23.0 Å². The Labute approximate surface area is 189 Å². The standard InChI is InChI=1S/C23H33N5O2S/c1-24-23(25-7-10-27-8-5-22-17(15-27)6-11-31-22)26-18-4-9-28(16-18)19-12-20(29-2)14-21(13-19)30-3/h6,11-14,18H,4-5,7-10,15-16H2,1-3H3,(H2,24,25,26). The molecular formula is C23H33N5O2S. The molecule has 0 saturated carbocycles. The molecule has 2 aromatic rings. The van der Waals surface area contributed by atoms with Crippen LogP contribution in [0.2, 0.25) is 0 Å². The Morgan fingerprint density at radius 3 is 2.74 bits per heavy atom. The largest absolute Gasteiger partial charge is 0.497 e. The molecule has 0 amide bonds. The number of benzene rings is 1. The monoisotopic (exact) mass is 443 g/mol. The number of anilines is 1. The number of fused-ring (bicyclic) bond motifs is 1. The highest BCUT2D eigenvalue weighted by Crippen LogP contribution is 2.30. The van der Waals surface area contributed by atoms with Gasteiger partial charge in [0.1, 0.15) is 11.5 Å². The summed E-state index contributed by atoms with van der Waals surface area (Å²) >= 11 is 1.89. The number of nitrogens with zero attached hydrogens (tertiary/aromatic N) is 3. The molecule has 1 aromatic carbocycles. The van der Waals surface area contributed by atoms with Gasteiger partial charge in [0.15, 0.2) is 5.96 Å². The lowest BCUT2D eigenvalue weighted by Crippen LogP contribution is -2.47. The first-order valence-corrected chi connectivity index (χ1v) is 11.8. The summed E-state index contributed by atoms with van der Waals surface area (Å²) in [5, 5.41) is 9.30. The third kappa shape index (κ3) is 5.43. The fourth-order valence-electron chi connectivity index (χ4n) is 4.31. The van der Waals surface area contributed by atoms with Crippen molar-refractivity contribution in [3.63, 3.8) is 0 Å². The van der Waals surface area contributed by atoms with Crippen molar-refractivity contribution in [2.45, 2.75) is 25.4 Å². The van der Waals surface area contributed by atoms with Gasteiger partial charge in [-0.2, -0.15) is 0 Å². The van der Waals surface area contributed by atoms with Gasteiger partial charge in [0.25, 0.3) is 0 Å². The smallest absolute Gasteiger partial charge is 0.191 e. The molecule has 31 heavy (non-hydrogen) atoms. The molecule has 1 atom stereocenters. The summed E-state index contributed by atoms with van der Waals surface area (Å²) in [5.74, 6) is 2.51. The van der Waals surface area contributed by atoms with Crippen LogP contribution in [0.1, 0.15) is 16.9 Å². The van der Waals surface area contributed by atoms with E-state index in [0.29, 0.717) is 6.04 Å². The van der Waals surface area contributed by atoms with E-state index in [4.69, 9.17) is 9.47 Å². The van der Waals surface area contributed by atoms with Crippen LogP contribution in [0.25, 0.3) is 0 Å². The Balaban J connectivity index is 1.24.